The second-order valence-corrected chi connectivity index (χ2v) is 3.83. The lowest BCUT2D eigenvalue weighted by atomic mass is 10.00. The third-order valence-corrected chi connectivity index (χ3v) is 2.65. The van der Waals surface area contributed by atoms with Crippen LogP contribution in [0.3, 0.4) is 0 Å². The number of hydrogen-bond donors (Lipinski definition) is 1. The molecule has 0 spiro atoms. The summed E-state index contributed by atoms with van der Waals surface area (Å²) in [5, 5.41) is 3.28. The Morgan fingerprint density at radius 3 is 3.31 bits per heavy atom. The Hall–Kier alpha value is -1.36. The van der Waals surface area contributed by atoms with Crippen molar-refractivity contribution in [2.24, 2.45) is 0 Å². The zero-order valence-electron chi connectivity index (χ0n) is 9.36. The summed E-state index contributed by atoms with van der Waals surface area (Å²) in [4.78, 5) is 15.5. The van der Waals surface area contributed by atoms with E-state index in [1.165, 1.54) is 6.20 Å². The summed E-state index contributed by atoms with van der Waals surface area (Å²) in [6.45, 7) is 4.02. The summed E-state index contributed by atoms with van der Waals surface area (Å²) in [6.07, 6.45) is 3.61. The molecule has 1 aromatic rings. The Kier molecular flexibility index (Phi) is 3.56. The van der Waals surface area contributed by atoms with Crippen molar-refractivity contribution in [2.45, 2.75) is 25.7 Å². The molecule has 1 atom stereocenters. The summed E-state index contributed by atoms with van der Waals surface area (Å²) in [5.41, 5.74) is 0. The number of ether oxygens (including phenoxy) is 1. The largest absolute Gasteiger partial charge is 0.460 e. The van der Waals surface area contributed by atoms with Gasteiger partial charge in [-0.3, -0.25) is 0 Å². The molecule has 1 unspecified atom stereocenters. The van der Waals surface area contributed by atoms with E-state index >= 15 is 0 Å². The number of piperidine rings is 1. The minimum Gasteiger partial charge on any atom is -0.460 e. The van der Waals surface area contributed by atoms with E-state index < -0.39 is 5.97 Å². The lowest BCUT2D eigenvalue weighted by Crippen LogP contribution is -2.28. The average Bonchev–Trinajstić information content (AvgIpc) is 2.80. The third-order valence-electron chi connectivity index (χ3n) is 2.65. The molecule has 0 saturated carbocycles. The van der Waals surface area contributed by atoms with Crippen molar-refractivity contribution in [2.75, 3.05) is 19.7 Å². The quantitative estimate of drug-likeness (QED) is 0.784. The fraction of sp³-hybridized carbons (Fsp3) is 0.636. The van der Waals surface area contributed by atoms with Gasteiger partial charge in [0.1, 0.15) is 0 Å². The van der Waals surface area contributed by atoms with Crippen LogP contribution in [0.1, 0.15) is 42.1 Å². The van der Waals surface area contributed by atoms with Crippen LogP contribution in [0.4, 0.5) is 0 Å². The summed E-state index contributed by atoms with van der Waals surface area (Å²) in [6, 6.07) is 0. The Labute approximate surface area is 94.2 Å². The molecule has 5 nitrogen and oxygen atoms in total. The van der Waals surface area contributed by atoms with Gasteiger partial charge >= 0.3 is 5.97 Å². The second-order valence-electron chi connectivity index (χ2n) is 3.83. The van der Waals surface area contributed by atoms with Gasteiger partial charge in [-0.25, -0.2) is 9.78 Å². The van der Waals surface area contributed by atoms with Gasteiger partial charge in [0.2, 0.25) is 5.76 Å². The first-order valence-electron chi connectivity index (χ1n) is 5.65. The molecule has 0 bridgehead atoms. The minimum absolute atomic E-state index is 0.197. The van der Waals surface area contributed by atoms with Crippen LogP contribution in [-0.4, -0.2) is 30.6 Å². The molecule has 5 heteroatoms. The first kappa shape index (κ1) is 11.1. The molecule has 88 valence electrons. The molecule has 0 aromatic carbocycles. The maximum Gasteiger partial charge on any atom is 0.375 e. The van der Waals surface area contributed by atoms with Gasteiger partial charge in [-0.15, -0.1) is 0 Å². The molecular formula is C11H16N2O3. The molecule has 0 amide bonds. The highest BCUT2D eigenvalue weighted by Gasteiger charge is 2.22. The average molecular weight is 224 g/mol. The van der Waals surface area contributed by atoms with Crippen LogP contribution >= 0.6 is 0 Å². The monoisotopic (exact) mass is 224 g/mol. The van der Waals surface area contributed by atoms with Crippen molar-refractivity contribution in [1.82, 2.24) is 10.3 Å². The predicted octanol–water partition coefficient (Wildman–Crippen LogP) is 1.32. The smallest absolute Gasteiger partial charge is 0.375 e. The number of aromatic nitrogens is 1. The highest BCUT2D eigenvalue weighted by molar-refractivity contribution is 5.85. The normalized spacial score (nSPS) is 20.7. The van der Waals surface area contributed by atoms with Crippen molar-refractivity contribution < 1.29 is 13.9 Å². The molecule has 1 saturated heterocycles. The number of carbonyl (C=O) groups is 1. The lowest BCUT2D eigenvalue weighted by Gasteiger charge is -2.19. The van der Waals surface area contributed by atoms with Crippen LogP contribution in [-0.2, 0) is 4.74 Å². The lowest BCUT2D eigenvalue weighted by molar-refractivity contribution is 0.0487. The van der Waals surface area contributed by atoms with Crippen LogP contribution in [0.5, 0.6) is 0 Å². The van der Waals surface area contributed by atoms with Crippen LogP contribution in [0.25, 0.3) is 0 Å². The first-order valence-corrected chi connectivity index (χ1v) is 5.65. The Balaban J connectivity index is 2.03. The van der Waals surface area contributed by atoms with Crippen molar-refractivity contribution >= 4 is 5.97 Å². The molecular weight excluding hydrogens is 208 g/mol. The van der Waals surface area contributed by atoms with Crippen LogP contribution < -0.4 is 5.32 Å². The van der Waals surface area contributed by atoms with Crippen molar-refractivity contribution in [3.05, 3.63) is 17.8 Å². The van der Waals surface area contributed by atoms with Gasteiger partial charge < -0.3 is 14.5 Å². The summed E-state index contributed by atoms with van der Waals surface area (Å²) < 4.78 is 10.3. The minimum atomic E-state index is -0.440. The number of nitrogens with zero attached hydrogens (tertiary/aromatic N) is 1. The molecule has 0 aliphatic carbocycles. The number of carbonyl (C=O) groups excluding carboxylic acids is 1. The fourth-order valence-corrected chi connectivity index (χ4v) is 1.84. The number of nitrogens with one attached hydrogen (secondary N) is 1. The topological polar surface area (TPSA) is 64.4 Å². The predicted molar refractivity (Wildman–Crippen MR) is 57.3 cm³/mol. The van der Waals surface area contributed by atoms with Crippen molar-refractivity contribution in [3.63, 3.8) is 0 Å². The third kappa shape index (κ3) is 2.41. The van der Waals surface area contributed by atoms with E-state index in [4.69, 9.17) is 9.15 Å². The SMILES string of the molecule is CCOC(=O)c1cnc(C2CCCNC2)o1. The molecule has 2 rings (SSSR count). The summed E-state index contributed by atoms with van der Waals surface area (Å²) in [5.74, 6) is 0.666. The van der Waals surface area contributed by atoms with E-state index in [0.29, 0.717) is 12.5 Å². The van der Waals surface area contributed by atoms with Gasteiger partial charge in [0.15, 0.2) is 5.89 Å². The Morgan fingerprint density at radius 1 is 1.75 bits per heavy atom. The maximum atomic E-state index is 11.4. The van der Waals surface area contributed by atoms with Gasteiger partial charge in [0, 0.05) is 12.5 Å². The molecule has 2 heterocycles. The molecule has 1 aliphatic rings. The van der Waals surface area contributed by atoms with Crippen molar-refractivity contribution in [3.8, 4) is 0 Å². The number of oxazole rings is 1. The fourth-order valence-electron chi connectivity index (χ4n) is 1.84. The first-order chi connectivity index (χ1) is 7.81. The zero-order valence-corrected chi connectivity index (χ0v) is 9.36. The van der Waals surface area contributed by atoms with Crippen LogP contribution in [0.2, 0.25) is 0 Å². The number of hydrogen-bond acceptors (Lipinski definition) is 5. The van der Waals surface area contributed by atoms with E-state index in [0.717, 1.165) is 25.9 Å². The van der Waals surface area contributed by atoms with Crippen molar-refractivity contribution in [1.29, 1.82) is 0 Å². The van der Waals surface area contributed by atoms with Gasteiger partial charge in [-0.05, 0) is 26.3 Å². The van der Waals surface area contributed by atoms with E-state index in [1.807, 2.05) is 0 Å². The van der Waals surface area contributed by atoms with Gasteiger partial charge in [0.25, 0.3) is 0 Å². The molecule has 1 aliphatic heterocycles. The maximum absolute atomic E-state index is 11.4. The zero-order chi connectivity index (χ0) is 11.4. The number of esters is 1. The Morgan fingerprint density at radius 2 is 2.62 bits per heavy atom. The van der Waals surface area contributed by atoms with E-state index in [-0.39, 0.29) is 11.7 Å². The van der Waals surface area contributed by atoms with E-state index in [1.54, 1.807) is 6.92 Å². The number of rotatable bonds is 3. The van der Waals surface area contributed by atoms with Gasteiger partial charge in [0.05, 0.1) is 12.8 Å². The second kappa shape index (κ2) is 5.12. The molecule has 16 heavy (non-hydrogen) atoms. The summed E-state index contributed by atoms with van der Waals surface area (Å²) in [7, 11) is 0. The van der Waals surface area contributed by atoms with Crippen LogP contribution in [0.15, 0.2) is 10.6 Å². The summed E-state index contributed by atoms with van der Waals surface area (Å²) >= 11 is 0. The molecule has 1 fully saturated rings. The molecule has 1 aromatic heterocycles. The van der Waals surface area contributed by atoms with Gasteiger partial charge in [-0.1, -0.05) is 0 Å². The van der Waals surface area contributed by atoms with Gasteiger partial charge in [-0.2, -0.15) is 0 Å². The van der Waals surface area contributed by atoms with E-state index in [9.17, 15) is 4.79 Å². The Bertz CT molecular complexity index is 356. The highest BCUT2D eigenvalue weighted by Crippen LogP contribution is 2.22. The molecule has 0 radical (unpaired) electrons. The standard InChI is InChI=1S/C11H16N2O3/c1-2-15-11(14)9-7-13-10(16-9)8-4-3-5-12-6-8/h7-8,12H,2-6H2,1H3. The molecule has 1 N–H and O–H groups in total. The van der Waals surface area contributed by atoms with Crippen LogP contribution in [0, 0.1) is 0 Å². The van der Waals surface area contributed by atoms with E-state index in [2.05, 4.69) is 10.3 Å². The highest BCUT2D eigenvalue weighted by atomic mass is 16.5.